The summed E-state index contributed by atoms with van der Waals surface area (Å²) in [5.41, 5.74) is 1.33. The van der Waals surface area contributed by atoms with E-state index in [1.165, 1.54) is 0 Å². The third-order valence-corrected chi connectivity index (χ3v) is 2.35. The van der Waals surface area contributed by atoms with Crippen LogP contribution in [0.15, 0.2) is 41.0 Å². The van der Waals surface area contributed by atoms with E-state index in [9.17, 15) is 4.79 Å². The van der Waals surface area contributed by atoms with Gasteiger partial charge in [-0.05, 0) is 17.6 Å². The standard InChI is InChI=1S/C14H15NO2/c1-10(2)8-13-15-12(14(16)17-13)9-11-6-4-3-5-7-11/h3-7,9-10H,8H2,1-2H3/b12-9+. The van der Waals surface area contributed by atoms with Crippen molar-refractivity contribution < 1.29 is 9.53 Å². The number of rotatable bonds is 3. The quantitative estimate of drug-likeness (QED) is 0.590. The van der Waals surface area contributed by atoms with Gasteiger partial charge in [0.05, 0.1) is 0 Å². The van der Waals surface area contributed by atoms with Crippen LogP contribution in [0.4, 0.5) is 0 Å². The first-order chi connectivity index (χ1) is 8.15. The normalized spacial score (nSPS) is 17.5. The Morgan fingerprint density at radius 1 is 1.29 bits per heavy atom. The zero-order chi connectivity index (χ0) is 12.3. The smallest absolute Gasteiger partial charge is 0.363 e. The van der Waals surface area contributed by atoms with E-state index in [2.05, 4.69) is 18.8 Å². The lowest BCUT2D eigenvalue weighted by molar-refractivity contribution is -0.130. The van der Waals surface area contributed by atoms with Crippen LogP contribution in [0.3, 0.4) is 0 Å². The third-order valence-electron chi connectivity index (χ3n) is 2.35. The lowest BCUT2D eigenvalue weighted by Crippen LogP contribution is -2.06. The highest BCUT2D eigenvalue weighted by molar-refractivity contribution is 6.07. The summed E-state index contributed by atoms with van der Waals surface area (Å²) in [5, 5.41) is 0. The van der Waals surface area contributed by atoms with Crippen molar-refractivity contribution in [1.82, 2.24) is 0 Å². The Balaban J connectivity index is 2.19. The average molecular weight is 229 g/mol. The molecule has 2 rings (SSSR count). The van der Waals surface area contributed by atoms with Crippen molar-refractivity contribution in [3.05, 3.63) is 41.6 Å². The van der Waals surface area contributed by atoms with E-state index in [-0.39, 0.29) is 5.97 Å². The van der Waals surface area contributed by atoms with E-state index < -0.39 is 0 Å². The summed E-state index contributed by atoms with van der Waals surface area (Å²) < 4.78 is 5.10. The van der Waals surface area contributed by atoms with E-state index in [0.29, 0.717) is 23.9 Å². The Kier molecular flexibility index (Phi) is 3.38. The molecule has 0 bridgehead atoms. The van der Waals surface area contributed by atoms with Gasteiger partial charge in [-0.3, -0.25) is 0 Å². The van der Waals surface area contributed by atoms with Crippen molar-refractivity contribution in [3.63, 3.8) is 0 Å². The number of hydrogen-bond acceptors (Lipinski definition) is 3. The van der Waals surface area contributed by atoms with Crippen LogP contribution in [0.1, 0.15) is 25.8 Å². The number of carbonyl (C=O) groups excluding carboxylic acids is 1. The fraction of sp³-hybridized carbons (Fsp3) is 0.286. The van der Waals surface area contributed by atoms with E-state index in [0.717, 1.165) is 5.56 Å². The number of aliphatic imine (C=N–C) groups is 1. The van der Waals surface area contributed by atoms with Crippen molar-refractivity contribution in [1.29, 1.82) is 0 Å². The Bertz CT molecular complexity index is 472. The van der Waals surface area contributed by atoms with Crippen LogP contribution in [0.5, 0.6) is 0 Å². The second kappa shape index (κ2) is 4.95. The topological polar surface area (TPSA) is 38.7 Å². The van der Waals surface area contributed by atoms with Crippen molar-refractivity contribution in [2.24, 2.45) is 10.9 Å². The molecule has 0 unspecified atom stereocenters. The Hall–Kier alpha value is -1.90. The van der Waals surface area contributed by atoms with Gasteiger partial charge in [-0.1, -0.05) is 44.2 Å². The van der Waals surface area contributed by atoms with Crippen LogP contribution in [0, 0.1) is 5.92 Å². The number of carbonyl (C=O) groups is 1. The van der Waals surface area contributed by atoms with Gasteiger partial charge >= 0.3 is 5.97 Å². The Morgan fingerprint density at radius 3 is 2.65 bits per heavy atom. The fourth-order valence-electron chi connectivity index (χ4n) is 1.60. The summed E-state index contributed by atoms with van der Waals surface area (Å²) >= 11 is 0. The molecule has 88 valence electrons. The molecule has 0 spiro atoms. The van der Waals surface area contributed by atoms with Crippen molar-refractivity contribution in [2.45, 2.75) is 20.3 Å². The lowest BCUT2D eigenvalue weighted by Gasteiger charge is -2.01. The van der Waals surface area contributed by atoms with Crippen LogP contribution in [-0.4, -0.2) is 11.9 Å². The zero-order valence-electron chi connectivity index (χ0n) is 10.0. The van der Waals surface area contributed by atoms with Crippen LogP contribution >= 0.6 is 0 Å². The first-order valence-electron chi connectivity index (χ1n) is 5.71. The maximum absolute atomic E-state index is 11.6. The van der Waals surface area contributed by atoms with E-state index in [4.69, 9.17) is 4.74 Å². The fourth-order valence-corrected chi connectivity index (χ4v) is 1.60. The minimum atomic E-state index is -0.357. The molecular formula is C14H15NO2. The average Bonchev–Trinajstić information content (AvgIpc) is 2.59. The number of ether oxygens (including phenoxy) is 1. The highest BCUT2D eigenvalue weighted by Crippen LogP contribution is 2.18. The van der Waals surface area contributed by atoms with Crippen molar-refractivity contribution in [2.75, 3.05) is 0 Å². The van der Waals surface area contributed by atoms with Crippen molar-refractivity contribution in [3.8, 4) is 0 Å². The molecule has 1 aliphatic rings. The highest BCUT2D eigenvalue weighted by Gasteiger charge is 2.23. The molecule has 1 aromatic rings. The second-order valence-corrected chi connectivity index (χ2v) is 4.43. The molecule has 0 aliphatic carbocycles. The van der Waals surface area contributed by atoms with Gasteiger partial charge in [0.25, 0.3) is 0 Å². The van der Waals surface area contributed by atoms with Gasteiger partial charge in [-0.2, -0.15) is 0 Å². The van der Waals surface area contributed by atoms with Crippen LogP contribution < -0.4 is 0 Å². The van der Waals surface area contributed by atoms with Gasteiger partial charge < -0.3 is 4.74 Å². The second-order valence-electron chi connectivity index (χ2n) is 4.43. The first-order valence-corrected chi connectivity index (χ1v) is 5.71. The minimum absolute atomic E-state index is 0.357. The van der Waals surface area contributed by atoms with E-state index >= 15 is 0 Å². The third kappa shape index (κ3) is 3.03. The molecule has 0 N–H and O–H groups in total. The first kappa shape index (κ1) is 11.6. The Morgan fingerprint density at radius 2 is 2.00 bits per heavy atom. The molecule has 1 aliphatic heterocycles. The minimum Gasteiger partial charge on any atom is -0.407 e. The Labute approximate surface area is 101 Å². The molecule has 3 nitrogen and oxygen atoms in total. The zero-order valence-corrected chi connectivity index (χ0v) is 10.0. The number of cyclic esters (lactones) is 1. The van der Waals surface area contributed by atoms with Gasteiger partial charge in [0.15, 0.2) is 11.6 Å². The molecular weight excluding hydrogens is 214 g/mol. The summed E-state index contributed by atoms with van der Waals surface area (Å²) in [5.74, 6) is 0.592. The molecule has 0 radical (unpaired) electrons. The lowest BCUT2D eigenvalue weighted by atomic mass is 10.1. The largest absolute Gasteiger partial charge is 0.407 e. The van der Waals surface area contributed by atoms with Crippen molar-refractivity contribution >= 4 is 17.9 Å². The predicted molar refractivity (Wildman–Crippen MR) is 67.4 cm³/mol. The molecule has 0 aromatic heterocycles. The highest BCUT2D eigenvalue weighted by atomic mass is 16.6. The molecule has 17 heavy (non-hydrogen) atoms. The maximum atomic E-state index is 11.6. The summed E-state index contributed by atoms with van der Waals surface area (Å²) in [4.78, 5) is 15.8. The SMILES string of the molecule is CC(C)CC1=N/C(=C/c2ccccc2)C(=O)O1. The molecule has 0 saturated carbocycles. The summed E-state index contributed by atoms with van der Waals surface area (Å²) in [6.45, 7) is 4.13. The number of benzene rings is 1. The molecule has 0 atom stereocenters. The van der Waals surface area contributed by atoms with Gasteiger partial charge in [0, 0.05) is 6.42 Å². The summed E-state index contributed by atoms with van der Waals surface area (Å²) in [7, 11) is 0. The summed E-state index contributed by atoms with van der Waals surface area (Å²) in [6, 6.07) is 9.63. The van der Waals surface area contributed by atoms with Crippen LogP contribution in [-0.2, 0) is 9.53 Å². The number of esters is 1. The molecule has 1 aromatic carbocycles. The van der Waals surface area contributed by atoms with Crippen LogP contribution in [0.25, 0.3) is 6.08 Å². The molecule has 0 fully saturated rings. The van der Waals surface area contributed by atoms with Gasteiger partial charge in [0.2, 0.25) is 0 Å². The molecule has 0 amide bonds. The van der Waals surface area contributed by atoms with Gasteiger partial charge in [-0.25, -0.2) is 9.79 Å². The van der Waals surface area contributed by atoms with E-state index in [1.54, 1.807) is 6.08 Å². The van der Waals surface area contributed by atoms with Gasteiger partial charge in [-0.15, -0.1) is 0 Å². The molecule has 1 heterocycles. The molecule has 0 saturated heterocycles. The predicted octanol–water partition coefficient (Wildman–Crippen LogP) is 3.03. The monoisotopic (exact) mass is 229 g/mol. The maximum Gasteiger partial charge on any atom is 0.363 e. The summed E-state index contributed by atoms with van der Waals surface area (Å²) in [6.07, 6.45) is 2.44. The van der Waals surface area contributed by atoms with Crippen LogP contribution in [0.2, 0.25) is 0 Å². The number of hydrogen-bond donors (Lipinski definition) is 0. The van der Waals surface area contributed by atoms with E-state index in [1.807, 2.05) is 30.3 Å². The number of nitrogens with zero attached hydrogens (tertiary/aromatic N) is 1. The van der Waals surface area contributed by atoms with Gasteiger partial charge in [0.1, 0.15) is 0 Å². The molecule has 3 heteroatoms.